The fourth-order valence-corrected chi connectivity index (χ4v) is 4.40. The van der Waals surface area contributed by atoms with Crippen LogP contribution in [0, 0.1) is 5.92 Å². The lowest BCUT2D eigenvalue weighted by Crippen LogP contribution is -2.27. The number of hydrogen-bond donors (Lipinski definition) is 3. The van der Waals surface area contributed by atoms with E-state index < -0.39 is 0 Å². The number of rotatable bonds is 7. The minimum absolute atomic E-state index is 0.0577. The summed E-state index contributed by atoms with van der Waals surface area (Å²) in [6.07, 6.45) is 10.3. The van der Waals surface area contributed by atoms with Gasteiger partial charge in [0.2, 0.25) is 5.91 Å². The first-order valence-electron chi connectivity index (χ1n) is 12.5. The highest BCUT2D eigenvalue weighted by molar-refractivity contribution is 6.05. The number of H-pyrrole nitrogens is 2. The van der Waals surface area contributed by atoms with E-state index in [4.69, 9.17) is 4.98 Å². The first kappa shape index (κ1) is 25.0. The van der Waals surface area contributed by atoms with Crippen molar-refractivity contribution in [1.29, 1.82) is 0 Å². The van der Waals surface area contributed by atoms with Gasteiger partial charge in [-0.15, -0.1) is 0 Å². The van der Waals surface area contributed by atoms with Gasteiger partial charge in [-0.1, -0.05) is 13.8 Å². The van der Waals surface area contributed by atoms with Crippen molar-refractivity contribution in [3.05, 3.63) is 53.8 Å². The summed E-state index contributed by atoms with van der Waals surface area (Å²) in [7, 11) is 0. The summed E-state index contributed by atoms with van der Waals surface area (Å²) >= 11 is 0. The number of aromatic amines is 2. The van der Waals surface area contributed by atoms with Gasteiger partial charge in [-0.25, -0.2) is 9.97 Å². The van der Waals surface area contributed by atoms with Crippen molar-refractivity contribution >= 4 is 46.2 Å². The van der Waals surface area contributed by atoms with Gasteiger partial charge < -0.3 is 15.2 Å². The van der Waals surface area contributed by atoms with E-state index in [9.17, 15) is 9.59 Å². The van der Waals surface area contributed by atoms with Gasteiger partial charge >= 0.3 is 0 Å². The number of allylic oxidation sites excluding steroid dienone is 2. The number of hydrogen-bond acceptors (Lipinski definition) is 7. The lowest BCUT2D eigenvalue weighted by molar-refractivity contribution is -0.123. The third-order valence-electron chi connectivity index (χ3n) is 6.51. The maximum Gasteiger partial charge on any atom is 0.257 e. The van der Waals surface area contributed by atoms with Crippen molar-refractivity contribution < 1.29 is 9.59 Å². The number of aliphatic imine (C=N–C) groups is 1. The third-order valence-corrected chi connectivity index (χ3v) is 6.51. The quantitative estimate of drug-likeness (QED) is 0.254. The number of fused-ring (bicyclic) bond motifs is 2. The summed E-state index contributed by atoms with van der Waals surface area (Å²) in [4.78, 5) is 47.7. The zero-order valence-electron chi connectivity index (χ0n) is 21.6. The van der Waals surface area contributed by atoms with Gasteiger partial charge in [-0.2, -0.15) is 5.10 Å². The number of nitrogens with zero attached hydrogens (tertiary/aromatic N) is 6. The third kappa shape index (κ3) is 4.82. The normalized spacial score (nSPS) is 14.6. The average Bonchev–Trinajstić information content (AvgIpc) is 3.67. The molecule has 5 heterocycles. The van der Waals surface area contributed by atoms with E-state index >= 15 is 0 Å². The number of likely N-dealkylation sites (tertiary alicyclic amines) is 1. The maximum absolute atomic E-state index is 13.1. The Bertz CT molecular complexity index is 1600. The molecule has 0 saturated carbocycles. The Morgan fingerprint density at radius 2 is 2.00 bits per heavy atom. The van der Waals surface area contributed by atoms with Crippen molar-refractivity contribution in [1.82, 2.24) is 40.3 Å². The molecule has 0 bridgehead atoms. The highest BCUT2D eigenvalue weighted by Crippen LogP contribution is 2.29. The van der Waals surface area contributed by atoms with Crippen LogP contribution in [0.4, 0.5) is 0 Å². The molecule has 0 radical (unpaired) electrons. The van der Waals surface area contributed by atoms with E-state index in [0.717, 1.165) is 42.5 Å². The molecule has 0 aliphatic carbocycles. The van der Waals surface area contributed by atoms with E-state index in [1.165, 1.54) is 6.20 Å². The molecule has 5 rings (SSSR count). The summed E-state index contributed by atoms with van der Waals surface area (Å²) in [5.41, 5.74) is 5.10. The highest BCUT2D eigenvalue weighted by atomic mass is 16.2. The molecule has 4 aromatic rings. The molecule has 38 heavy (non-hydrogen) atoms. The van der Waals surface area contributed by atoms with Gasteiger partial charge in [0.1, 0.15) is 11.2 Å². The van der Waals surface area contributed by atoms with Gasteiger partial charge in [-0.3, -0.25) is 24.7 Å². The molecule has 0 aromatic carbocycles. The first-order chi connectivity index (χ1) is 18.4. The van der Waals surface area contributed by atoms with Gasteiger partial charge in [0, 0.05) is 37.6 Å². The summed E-state index contributed by atoms with van der Waals surface area (Å²) in [6, 6.07) is 1.96. The lowest BCUT2D eigenvalue weighted by atomic mass is 10.1. The van der Waals surface area contributed by atoms with E-state index in [2.05, 4.69) is 42.2 Å². The fraction of sp³-hybridized carbons (Fsp3) is 0.296. The number of nitrogens with one attached hydrogen (secondary N) is 3. The van der Waals surface area contributed by atoms with Crippen LogP contribution < -0.4 is 5.32 Å². The molecule has 11 nitrogen and oxygen atoms in total. The lowest BCUT2D eigenvalue weighted by Gasteiger charge is -2.14. The molecule has 1 aliphatic heterocycles. The summed E-state index contributed by atoms with van der Waals surface area (Å²) in [6.45, 7) is 10.6. The molecule has 0 spiro atoms. The van der Waals surface area contributed by atoms with E-state index in [1.54, 1.807) is 18.6 Å². The largest absolute Gasteiger partial charge is 0.339 e. The average molecular weight is 512 g/mol. The molecule has 1 fully saturated rings. The predicted molar refractivity (Wildman–Crippen MR) is 146 cm³/mol. The second kappa shape index (κ2) is 10.4. The minimum Gasteiger partial charge on any atom is -0.339 e. The maximum atomic E-state index is 13.1. The monoisotopic (exact) mass is 511 g/mol. The van der Waals surface area contributed by atoms with Crippen LogP contribution in [0.5, 0.6) is 0 Å². The van der Waals surface area contributed by atoms with Crippen LogP contribution in [0.1, 0.15) is 49.5 Å². The van der Waals surface area contributed by atoms with Crippen molar-refractivity contribution in [2.24, 2.45) is 10.9 Å². The fourth-order valence-electron chi connectivity index (χ4n) is 4.40. The predicted octanol–water partition coefficient (Wildman–Crippen LogP) is 3.85. The Hall–Kier alpha value is -4.67. The molecule has 0 atom stereocenters. The van der Waals surface area contributed by atoms with Gasteiger partial charge in [-0.05, 0) is 49.8 Å². The molecule has 1 aliphatic rings. The summed E-state index contributed by atoms with van der Waals surface area (Å²) in [5, 5.41) is 11.0. The van der Waals surface area contributed by atoms with E-state index in [0.29, 0.717) is 39.5 Å². The second-order valence-electron chi connectivity index (χ2n) is 9.60. The Balaban J connectivity index is 1.51. The molecule has 11 heteroatoms. The Morgan fingerprint density at radius 1 is 1.21 bits per heavy atom. The Morgan fingerprint density at radius 3 is 2.74 bits per heavy atom. The minimum atomic E-state index is -0.173. The molecule has 4 aromatic heterocycles. The molecule has 0 unspecified atom stereocenters. The van der Waals surface area contributed by atoms with Crippen molar-refractivity contribution in [2.75, 3.05) is 13.1 Å². The summed E-state index contributed by atoms with van der Waals surface area (Å²) < 4.78 is 0. The van der Waals surface area contributed by atoms with Crippen molar-refractivity contribution in [2.45, 2.75) is 33.6 Å². The van der Waals surface area contributed by atoms with Crippen LogP contribution in [-0.4, -0.2) is 66.7 Å². The first-order valence-corrected chi connectivity index (χ1v) is 12.5. The Labute approximate surface area is 219 Å². The van der Waals surface area contributed by atoms with Crippen molar-refractivity contribution in [3.63, 3.8) is 0 Å². The second-order valence-corrected chi connectivity index (χ2v) is 9.60. The van der Waals surface area contributed by atoms with Gasteiger partial charge in [0.15, 0.2) is 11.5 Å². The van der Waals surface area contributed by atoms with E-state index in [1.807, 2.05) is 37.8 Å². The van der Waals surface area contributed by atoms with Crippen LogP contribution in [-0.2, 0) is 4.79 Å². The molecular formula is C27H29N9O2. The van der Waals surface area contributed by atoms with Crippen LogP contribution in [0.15, 0.2) is 47.6 Å². The molecular weight excluding hydrogens is 482 g/mol. The van der Waals surface area contributed by atoms with Crippen LogP contribution in [0.25, 0.3) is 39.2 Å². The van der Waals surface area contributed by atoms with Crippen LogP contribution in [0.3, 0.4) is 0 Å². The van der Waals surface area contributed by atoms with Crippen LogP contribution in [0.2, 0.25) is 0 Å². The zero-order chi connectivity index (χ0) is 26.8. The number of pyridine rings is 2. The van der Waals surface area contributed by atoms with Crippen molar-refractivity contribution in [3.8, 4) is 11.5 Å². The molecule has 194 valence electrons. The van der Waals surface area contributed by atoms with E-state index in [-0.39, 0.29) is 17.7 Å². The number of carbonyl (C=O) groups excluding carboxylic acids is 2. The van der Waals surface area contributed by atoms with Gasteiger partial charge in [0.25, 0.3) is 5.91 Å². The molecule has 1 saturated heterocycles. The summed E-state index contributed by atoms with van der Waals surface area (Å²) in [5.74, 6) is 0.166. The Kier molecular flexibility index (Phi) is 6.82. The molecule has 2 amide bonds. The van der Waals surface area contributed by atoms with Crippen LogP contribution >= 0.6 is 0 Å². The SMILES string of the molecule is C=N/C=C(\C=C(/C)c1cnc2[nH]nc(-c3nc4c(C(=O)N5CCCC5)cncc4[nH]3)c2c1)NC(=O)C(C)C. The number of amides is 2. The number of imidazole rings is 1. The standard InChI is InChI=1S/C27H29N9O2/c1-15(2)26(37)31-18(12-28-4)9-16(3)17-10-19-23(34-35-24(19)30-11-17)25-32-21-14-29-13-20(22(21)33-25)27(38)36-7-5-6-8-36/h9-15H,4-8H2,1-3H3,(H,31,37)(H,32,33)(H,30,34,35)/b16-9+,18-12+. The number of aromatic nitrogens is 6. The molecule has 3 N–H and O–H groups in total. The van der Waals surface area contributed by atoms with Gasteiger partial charge in [0.05, 0.1) is 28.4 Å². The topological polar surface area (TPSA) is 145 Å². The smallest absolute Gasteiger partial charge is 0.257 e. The zero-order valence-corrected chi connectivity index (χ0v) is 21.6. The highest BCUT2D eigenvalue weighted by Gasteiger charge is 2.24. The number of carbonyl (C=O) groups is 2.